The Kier molecular flexibility index (Phi) is 39.8. The Hall–Kier alpha value is -2.39. The maximum absolute atomic E-state index is 12.9. The number of carbonyl (C=O) groups is 3. The molecule has 0 saturated heterocycles. The molecule has 61 heavy (non-hydrogen) atoms. The summed E-state index contributed by atoms with van der Waals surface area (Å²) in [6.45, 7) is 10.2. The van der Waals surface area contributed by atoms with Gasteiger partial charge in [0.2, 0.25) is 0 Å². The number of amides is 1. The molecule has 1 aromatic rings. The molecule has 3 N–H and O–H groups in total. The van der Waals surface area contributed by atoms with Gasteiger partial charge in [0.05, 0.1) is 18.3 Å². The van der Waals surface area contributed by atoms with Crippen molar-refractivity contribution < 1.29 is 29.0 Å². The van der Waals surface area contributed by atoms with Gasteiger partial charge in [-0.25, -0.2) is 0 Å². The molecule has 9 heteroatoms. The third kappa shape index (κ3) is 36.8. The molecule has 1 unspecified atom stereocenters. The van der Waals surface area contributed by atoms with Crippen LogP contribution in [0.2, 0.25) is 0 Å². The van der Waals surface area contributed by atoms with Crippen LogP contribution in [-0.4, -0.2) is 77.8 Å². The quantitative estimate of drug-likeness (QED) is 0.0441. The summed E-state index contributed by atoms with van der Waals surface area (Å²) in [5.74, 6) is -0.194. The Balaban J connectivity index is 2.39. The van der Waals surface area contributed by atoms with Gasteiger partial charge in [0.25, 0.3) is 5.91 Å². The van der Waals surface area contributed by atoms with E-state index < -0.39 is 6.10 Å². The minimum Gasteiger partial charge on any atom is -0.466 e. The first-order chi connectivity index (χ1) is 29.9. The minimum atomic E-state index is -0.461. The van der Waals surface area contributed by atoms with E-state index >= 15 is 0 Å². The number of aliphatic hydroxyl groups excluding tert-OH is 1. The van der Waals surface area contributed by atoms with Gasteiger partial charge in [-0.05, 0) is 89.8 Å². The van der Waals surface area contributed by atoms with Crippen LogP contribution in [0.1, 0.15) is 256 Å². The van der Waals surface area contributed by atoms with E-state index in [-0.39, 0.29) is 23.9 Å². The molecule has 1 heterocycles. The van der Waals surface area contributed by atoms with Crippen LogP contribution in [0.5, 0.6) is 0 Å². The van der Waals surface area contributed by atoms with Crippen molar-refractivity contribution in [2.45, 2.75) is 258 Å². The zero-order valence-corrected chi connectivity index (χ0v) is 40.1. The molecule has 1 rings (SSSR count). The van der Waals surface area contributed by atoms with Crippen LogP contribution in [0.15, 0.2) is 18.5 Å². The first-order valence-corrected chi connectivity index (χ1v) is 26.1. The van der Waals surface area contributed by atoms with Crippen molar-refractivity contribution in [3.05, 3.63) is 24.0 Å². The third-order valence-corrected chi connectivity index (χ3v) is 12.1. The summed E-state index contributed by atoms with van der Waals surface area (Å²) in [5, 5.41) is 13.9. The maximum atomic E-state index is 12.9. The molecule has 1 atom stereocenters. The summed E-state index contributed by atoms with van der Waals surface area (Å²) in [7, 11) is 0. The normalized spacial score (nSPS) is 12.0. The standard InChI is InChI=1S/C52H97N3O6/c1-4-7-10-13-16-17-18-24-32-44-60-50(57)37-29-25-31-43-55(46-48(56)34-33-40-54-52(59)47-39-41-53-45-47)42-30-23-19-22-28-38-51(58)61-49(35-26-20-14-11-8-5-2)36-27-21-15-12-9-6-3/h39,41,45,48-49,53,56H,4-38,40,42-44,46H2,1-3H3,(H,54,59). The summed E-state index contributed by atoms with van der Waals surface area (Å²) in [4.78, 5) is 42.7. The molecule has 356 valence electrons. The predicted octanol–water partition coefficient (Wildman–Crippen LogP) is 13.6. The molecule has 0 bridgehead atoms. The zero-order chi connectivity index (χ0) is 44.3. The van der Waals surface area contributed by atoms with E-state index in [1.807, 2.05) is 0 Å². The van der Waals surface area contributed by atoms with Crippen LogP contribution in [0.25, 0.3) is 0 Å². The van der Waals surface area contributed by atoms with Gasteiger partial charge in [-0.1, -0.05) is 162 Å². The predicted molar refractivity (Wildman–Crippen MR) is 255 cm³/mol. The lowest BCUT2D eigenvalue weighted by Gasteiger charge is -2.25. The number of unbranched alkanes of at least 4 members (excludes halogenated alkanes) is 24. The number of nitrogens with zero attached hydrogens (tertiary/aromatic N) is 1. The van der Waals surface area contributed by atoms with E-state index in [2.05, 4.69) is 36.0 Å². The number of aromatic amines is 1. The first-order valence-electron chi connectivity index (χ1n) is 26.1. The van der Waals surface area contributed by atoms with Gasteiger partial charge in [0.1, 0.15) is 6.10 Å². The maximum Gasteiger partial charge on any atom is 0.306 e. The molecule has 0 saturated carbocycles. The van der Waals surface area contributed by atoms with E-state index in [4.69, 9.17) is 9.47 Å². The molecule has 9 nitrogen and oxygen atoms in total. The van der Waals surface area contributed by atoms with Crippen molar-refractivity contribution in [1.82, 2.24) is 15.2 Å². The second-order valence-electron chi connectivity index (χ2n) is 18.1. The number of H-pyrrole nitrogens is 1. The van der Waals surface area contributed by atoms with Gasteiger partial charge in [-0.15, -0.1) is 0 Å². The van der Waals surface area contributed by atoms with E-state index in [1.165, 1.54) is 109 Å². The van der Waals surface area contributed by atoms with Crippen molar-refractivity contribution >= 4 is 17.8 Å². The number of ether oxygens (including phenoxy) is 2. The van der Waals surface area contributed by atoms with Crippen LogP contribution in [0, 0.1) is 0 Å². The molecule has 1 aromatic heterocycles. The van der Waals surface area contributed by atoms with Crippen LogP contribution in [0.3, 0.4) is 0 Å². The van der Waals surface area contributed by atoms with Gasteiger partial charge in [0.15, 0.2) is 0 Å². The van der Waals surface area contributed by atoms with Crippen molar-refractivity contribution in [1.29, 1.82) is 0 Å². The average Bonchev–Trinajstić information content (AvgIpc) is 3.80. The van der Waals surface area contributed by atoms with Crippen molar-refractivity contribution in [2.24, 2.45) is 0 Å². The summed E-state index contributed by atoms with van der Waals surface area (Å²) in [6.07, 6.45) is 41.7. The molecule has 1 amide bonds. The van der Waals surface area contributed by atoms with Gasteiger partial charge >= 0.3 is 11.9 Å². The summed E-state index contributed by atoms with van der Waals surface area (Å²) >= 11 is 0. The van der Waals surface area contributed by atoms with Crippen LogP contribution in [-0.2, 0) is 19.1 Å². The van der Waals surface area contributed by atoms with Gasteiger partial charge < -0.3 is 29.8 Å². The Bertz CT molecular complexity index is 1100. The zero-order valence-electron chi connectivity index (χ0n) is 40.1. The lowest BCUT2D eigenvalue weighted by Crippen LogP contribution is -2.34. The van der Waals surface area contributed by atoms with Crippen molar-refractivity contribution in [2.75, 3.05) is 32.8 Å². The van der Waals surface area contributed by atoms with Crippen LogP contribution >= 0.6 is 0 Å². The number of hydrogen-bond acceptors (Lipinski definition) is 7. The Morgan fingerprint density at radius 1 is 0.590 bits per heavy atom. The SMILES string of the molecule is CCCCCCCCCCCOC(=O)CCCCCN(CCCCCCCC(=O)OC(CCCCCCCC)CCCCCCCC)CC(O)CCCNC(=O)c1cc[nH]c1. The average molecular weight is 860 g/mol. The first kappa shape index (κ1) is 56.6. The third-order valence-electron chi connectivity index (χ3n) is 12.1. The lowest BCUT2D eigenvalue weighted by atomic mass is 10.0. The van der Waals surface area contributed by atoms with Crippen molar-refractivity contribution in [3.8, 4) is 0 Å². The highest BCUT2D eigenvalue weighted by atomic mass is 16.5. The number of nitrogens with one attached hydrogen (secondary N) is 2. The number of hydrogen-bond donors (Lipinski definition) is 3. The number of rotatable bonds is 46. The largest absolute Gasteiger partial charge is 0.466 e. The molecule has 0 aromatic carbocycles. The van der Waals surface area contributed by atoms with Crippen LogP contribution < -0.4 is 5.32 Å². The van der Waals surface area contributed by atoms with Crippen molar-refractivity contribution in [3.63, 3.8) is 0 Å². The molecule has 0 aliphatic carbocycles. The lowest BCUT2D eigenvalue weighted by molar-refractivity contribution is -0.150. The fraction of sp³-hybridized carbons (Fsp3) is 0.865. The van der Waals surface area contributed by atoms with Gasteiger partial charge in [-0.3, -0.25) is 14.4 Å². The van der Waals surface area contributed by atoms with Gasteiger partial charge in [0, 0.05) is 38.3 Å². The second kappa shape index (κ2) is 42.9. The fourth-order valence-electron chi connectivity index (χ4n) is 8.19. The highest BCUT2D eigenvalue weighted by Gasteiger charge is 2.16. The Morgan fingerprint density at radius 2 is 1.07 bits per heavy atom. The summed E-state index contributed by atoms with van der Waals surface area (Å²) in [6, 6.07) is 1.75. The molecule has 0 radical (unpaired) electrons. The van der Waals surface area contributed by atoms with E-state index in [9.17, 15) is 19.5 Å². The monoisotopic (exact) mass is 860 g/mol. The highest BCUT2D eigenvalue weighted by Crippen LogP contribution is 2.19. The number of carbonyl (C=O) groups excluding carboxylic acids is 3. The number of esters is 2. The summed E-state index contributed by atoms with van der Waals surface area (Å²) < 4.78 is 11.6. The number of aliphatic hydroxyl groups is 1. The molecule has 0 fully saturated rings. The van der Waals surface area contributed by atoms with E-state index in [0.29, 0.717) is 50.9 Å². The smallest absolute Gasteiger partial charge is 0.306 e. The van der Waals surface area contributed by atoms with E-state index in [0.717, 1.165) is 103 Å². The highest BCUT2D eigenvalue weighted by molar-refractivity contribution is 5.93. The molecule has 0 spiro atoms. The Morgan fingerprint density at radius 3 is 1.61 bits per heavy atom. The molecule has 0 aliphatic heterocycles. The molecular formula is C52H97N3O6. The molecule has 0 aliphatic rings. The second-order valence-corrected chi connectivity index (χ2v) is 18.1. The van der Waals surface area contributed by atoms with Gasteiger partial charge in [-0.2, -0.15) is 0 Å². The Labute approximate surface area is 375 Å². The molecular weight excluding hydrogens is 763 g/mol. The van der Waals surface area contributed by atoms with E-state index in [1.54, 1.807) is 18.5 Å². The van der Waals surface area contributed by atoms with Crippen LogP contribution in [0.4, 0.5) is 0 Å². The minimum absolute atomic E-state index is 0.0155. The fourth-order valence-corrected chi connectivity index (χ4v) is 8.19. The topological polar surface area (TPSA) is 121 Å². The summed E-state index contributed by atoms with van der Waals surface area (Å²) in [5.41, 5.74) is 0.616. The number of aromatic nitrogens is 1.